The van der Waals surface area contributed by atoms with E-state index in [1.807, 2.05) is 13.8 Å². The fourth-order valence-electron chi connectivity index (χ4n) is 3.14. The molecule has 0 atom stereocenters. The van der Waals surface area contributed by atoms with Gasteiger partial charge in [0.1, 0.15) is 5.75 Å². The average Bonchev–Trinajstić information content (AvgIpc) is 3.08. The number of halogens is 6. The monoisotopic (exact) mass is 477 g/mol. The largest absolute Gasteiger partial charge is 0.481 e. The molecule has 0 bridgehead atoms. The Kier molecular flexibility index (Phi) is 6.41. The third kappa shape index (κ3) is 5.14. The highest BCUT2D eigenvalue weighted by atomic mass is 32.2. The molecule has 0 aliphatic carbocycles. The van der Waals surface area contributed by atoms with Crippen LogP contribution in [0.2, 0.25) is 0 Å². The van der Waals surface area contributed by atoms with Crippen LogP contribution in [0.3, 0.4) is 0 Å². The van der Waals surface area contributed by atoms with Crippen molar-refractivity contribution in [2.24, 2.45) is 0 Å². The van der Waals surface area contributed by atoms with Crippen LogP contribution in [0.5, 0.6) is 11.5 Å². The van der Waals surface area contributed by atoms with Gasteiger partial charge in [0.05, 0.1) is 16.9 Å². The summed E-state index contributed by atoms with van der Waals surface area (Å²) < 4.78 is 87.4. The van der Waals surface area contributed by atoms with E-state index in [4.69, 9.17) is 9.84 Å². The summed E-state index contributed by atoms with van der Waals surface area (Å²) in [4.78, 5) is 13.2. The predicted octanol–water partition coefficient (Wildman–Crippen LogP) is 7.30. The number of aliphatic carboxylic acids is 1. The molecule has 32 heavy (non-hydrogen) atoms. The van der Waals surface area contributed by atoms with Gasteiger partial charge < -0.3 is 14.8 Å². The Morgan fingerprint density at radius 3 is 2.16 bits per heavy atom. The maximum atomic E-state index is 13.7. The van der Waals surface area contributed by atoms with Crippen molar-refractivity contribution in [2.75, 3.05) is 5.75 Å². The maximum absolute atomic E-state index is 13.7. The first-order valence-corrected chi connectivity index (χ1v) is 10.2. The van der Waals surface area contributed by atoms with Gasteiger partial charge >= 0.3 is 18.3 Å². The molecule has 0 spiro atoms. The number of thioether (sulfide) groups is 1. The van der Waals surface area contributed by atoms with Gasteiger partial charge in [0.25, 0.3) is 0 Å². The molecular weight excluding hydrogens is 460 g/mol. The molecule has 1 heterocycles. The molecule has 0 fully saturated rings. The molecule has 2 aromatic carbocycles. The molecule has 4 nitrogen and oxygen atoms in total. The number of hydrogen-bond donors (Lipinski definition) is 2. The summed E-state index contributed by atoms with van der Waals surface area (Å²) in [5.41, 5.74) is -1.79. The van der Waals surface area contributed by atoms with E-state index in [9.17, 15) is 31.1 Å². The number of carbonyl (C=O) groups is 1. The number of hydrogen-bond acceptors (Lipinski definition) is 3. The van der Waals surface area contributed by atoms with Crippen LogP contribution in [0.15, 0.2) is 41.4 Å². The second-order valence-corrected chi connectivity index (χ2v) is 8.28. The van der Waals surface area contributed by atoms with Crippen molar-refractivity contribution in [2.45, 2.75) is 37.0 Å². The quantitative estimate of drug-likeness (QED) is 0.289. The molecule has 0 aliphatic rings. The summed E-state index contributed by atoms with van der Waals surface area (Å²) in [5.74, 6) is -3.59. The van der Waals surface area contributed by atoms with Crippen molar-refractivity contribution < 1.29 is 41.0 Å². The SMILES string of the molecule is CC(C)c1c[nH]c2ccc(Oc3c(C(F)(F)F)cc(SCC(=O)O)cc3C(F)(F)F)cc12. The van der Waals surface area contributed by atoms with Crippen LogP contribution < -0.4 is 4.74 Å². The molecule has 1 aromatic heterocycles. The van der Waals surface area contributed by atoms with Crippen molar-refractivity contribution in [3.05, 3.63) is 53.2 Å². The second kappa shape index (κ2) is 8.61. The Labute approximate surface area is 182 Å². The van der Waals surface area contributed by atoms with E-state index in [1.165, 1.54) is 18.2 Å². The number of ether oxygens (including phenoxy) is 1. The normalized spacial score (nSPS) is 12.5. The molecule has 3 rings (SSSR count). The highest BCUT2D eigenvalue weighted by Crippen LogP contribution is 2.48. The molecule has 0 saturated carbocycles. The second-order valence-electron chi connectivity index (χ2n) is 7.23. The maximum Gasteiger partial charge on any atom is 0.420 e. The lowest BCUT2D eigenvalue weighted by atomic mass is 10.0. The molecule has 0 radical (unpaired) electrons. The van der Waals surface area contributed by atoms with Gasteiger partial charge in [0, 0.05) is 22.0 Å². The summed E-state index contributed by atoms with van der Waals surface area (Å²) in [6, 6.07) is 5.10. The third-order valence-electron chi connectivity index (χ3n) is 4.56. The lowest BCUT2D eigenvalue weighted by Crippen LogP contribution is -2.14. The van der Waals surface area contributed by atoms with Crippen LogP contribution in [0, 0.1) is 0 Å². The summed E-state index contributed by atoms with van der Waals surface area (Å²) in [6.45, 7) is 3.79. The van der Waals surface area contributed by atoms with Crippen LogP contribution >= 0.6 is 11.8 Å². The Hall–Kier alpha value is -2.82. The number of carboxylic acids is 1. The molecule has 2 N–H and O–H groups in total. The predicted molar refractivity (Wildman–Crippen MR) is 107 cm³/mol. The molecule has 0 aliphatic heterocycles. The van der Waals surface area contributed by atoms with Crippen molar-refractivity contribution in [3.8, 4) is 11.5 Å². The zero-order valence-electron chi connectivity index (χ0n) is 16.7. The number of nitrogens with one attached hydrogen (secondary N) is 1. The number of carboxylic acid groups (broad SMARTS) is 1. The first-order valence-electron chi connectivity index (χ1n) is 9.23. The molecule has 0 amide bonds. The topological polar surface area (TPSA) is 62.3 Å². The van der Waals surface area contributed by atoms with Gasteiger partial charge in [-0.1, -0.05) is 13.8 Å². The lowest BCUT2D eigenvalue weighted by molar-refractivity contribution is -0.145. The van der Waals surface area contributed by atoms with E-state index in [1.54, 1.807) is 6.20 Å². The van der Waals surface area contributed by atoms with Crippen LogP contribution in [0.25, 0.3) is 10.9 Å². The minimum Gasteiger partial charge on any atom is -0.481 e. The zero-order chi connectivity index (χ0) is 23.8. The highest BCUT2D eigenvalue weighted by Gasteiger charge is 2.43. The van der Waals surface area contributed by atoms with Crippen LogP contribution in [-0.2, 0) is 17.1 Å². The average molecular weight is 477 g/mol. The summed E-state index contributed by atoms with van der Waals surface area (Å²) in [6.07, 6.45) is -8.62. The van der Waals surface area contributed by atoms with E-state index < -0.39 is 45.8 Å². The Balaban J connectivity index is 2.16. The highest BCUT2D eigenvalue weighted by molar-refractivity contribution is 8.00. The first kappa shape index (κ1) is 23.8. The zero-order valence-corrected chi connectivity index (χ0v) is 17.5. The van der Waals surface area contributed by atoms with E-state index in [0.717, 1.165) is 5.56 Å². The standard InChI is InChI=1S/C21H17F6NO3S/c1-10(2)14-8-28-17-4-3-11(5-13(14)17)31-19-15(20(22,23)24)6-12(32-9-18(29)30)7-16(19)21(25,26)27/h3-8,10,28H,9H2,1-2H3,(H,29,30). The third-order valence-corrected chi connectivity index (χ3v) is 5.52. The van der Waals surface area contributed by atoms with Gasteiger partial charge in [-0.2, -0.15) is 26.3 Å². The van der Waals surface area contributed by atoms with Gasteiger partial charge in [0.15, 0.2) is 5.75 Å². The Morgan fingerprint density at radius 1 is 1.06 bits per heavy atom. The van der Waals surface area contributed by atoms with Crippen molar-refractivity contribution in [1.82, 2.24) is 4.98 Å². The van der Waals surface area contributed by atoms with Crippen LogP contribution in [0.4, 0.5) is 26.3 Å². The van der Waals surface area contributed by atoms with E-state index in [2.05, 4.69) is 4.98 Å². The van der Waals surface area contributed by atoms with Crippen molar-refractivity contribution in [1.29, 1.82) is 0 Å². The van der Waals surface area contributed by atoms with E-state index in [-0.39, 0.29) is 11.7 Å². The Morgan fingerprint density at radius 2 is 1.66 bits per heavy atom. The van der Waals surface area contributed by atoms with Crippen molar-refractivity contribution >= 4 is 28.6 Å². The molecular formula is C21H17F6NO3S. The van der Waals surface area contributed by atoms with Gasteiger partial charge in [0.2, 0.25) is 0 Å². The molecule has 0 saturated heterocycles. The first-order chi connectivity index (χ1) is 14.8. The van der Waals surface area contributed by atoms with Gasteiger partial charge in [-0.15, -0.1) is 11.8 Å². The van der Waals surface area contributed by atoms with E-state index in [0.29, 0.717) is 34.8 Å². The lowest BCUT2D eigenvalue weighted by Gasteiger charge is -2.20. The van der Waals surface area contributed by atoms with E-state index >= 15 is 0 Å². The number of rotatable bonds is 6. The summed E-state index contributed by atoms with van der Waals surface area (Å²) in [7, 11) is 0. The Bertz CT molecular complexity index is 1120. The minimum atomic E-state index is -5.17. The molecule has 172 valence electrons. The summed E-state index contributed by atoms with van der Waals surface area (Å²) in [5, 5.41) is 9.34. The van der Waals surface area contributed by atoms with Crippen LogP contribution in [0.1, 0.15) is 36.5 Å². The number of H-pyrrole nitrogens is 1. The molecule has 3 aromatic rings. The number of alkyl halides is 6. The number of benzene rings is 2. The smallest absolute Gasteiger partial charge is 0.420 e. The number of aromatic nitrogens is 1. The van der Waals surface area contributed by atoms with Crippen LogP contribution in [-0.4, -0.2) is 21.8 Å². The van der Waals surface area contributed by atoms with Crippen molar-refractivity contribution in [3.63, 3.8) is 0 Å². The number of aromatic amines is 1. The van der Waals surface area contributed by atoms with Gasteiger partial charge in [-0.25, -0.2) is 0 Å². The molecule has 0 unspecified atom stereocenters. The minimum absolute atomic E-state index is 0.0565. The molecule has 11 heteroatoms. The summed E-state index contributed by atoms with van der Waals surface area (Å²) >= 11 is 0.353. The fraction of sp³-hybridized carbons (Fsp3) is 0.286. The fourth-order valence-corrected chi connectivity index (χ4v) is 3.83. The van der Waals surface area contributed by atoms with Gasteiger partial charge in [-0.3, -0.25) is 4.79 Å². The number of fused-ring (bicyclic) bond motifs is 1. The van der Waals surface area contributed by atoms with Gasteiger partial charge in [-0.05, 0) is 41.8 Å².